The molecule has 1 aliphatic rings. The molecule has 0 radical (unpaired) electrons. The minimum Gasteiger partial charge on any atom is -0.393 e. The topological polar surface area (TPSA) is 49.3 Å². The summed E-state index contributed by atoms with van der Waals surface area (Å²) in [6, 6.07) is 4.43. The van der Waals surface area contributed by atoms with Gasteiger partial charge in [-0.1, -0.05) is 0 Å². The summed E-state index contributed by atoms with van der Waals surface area (Å²) < 4.78 is 1.15. The van der Waals surface area contributed by atoms with Gasteiger partial charge in [0.1, 0.15) is 0 Å². The van der Waals surface area contributed by atoms with Gasteiger partial charge in [-0.3, -0.25) is 4.79 Å². The second-order valence-electron chi connectivity index (χ2n) is 5.13. The number of hydrogen-bond donors (Lipinski definition) is 2. The Morgan fingerprint density at radius 2 is 2.11 bits per heavy atom. The summed E-state index contributed by atoms with van der Waals surface area (Å²) in [7, 11) is 0. The second-order valence-corrected chi connectivity index (χ2v) is 7.68. The Hall–Kier alpha value is -0.390. The van der Waals surface area contributed by atoms with E-state index in [-0.39, 0.29) is 18.1 Å². The quantitative estimate of drug-likeness (QED) is 0.860. The summed E-state index contributed by atoms with van der Waals surface area (Å²) in [6.45, 7) is 0. The Bertz CT molecular complexity index is 413. The van der Waals surface area contributed by atoms with Crippen LogP contribution in [0, 0.1) is 0 Å². The molecular formula is C14H20BrNO2S. The standard InChI is InChI=1S/C14H20BrNO2S/c15-13-9-8-12(19-13)2-1-3-14(18)16-10-4-6-11(17)7-5-10/h8-11,17H,1-7H2,(H,16,18). The van der Waals surface area contributed by atoms with Crippen LogP contribution in [-0.2, 0) is 11.2 Å². The van der Waals surface area contributed by atoms with Crippen LogP contribution in [0.4, 0.5) is 0 Å². The molecule has 1 aliphatic carbocycles. The van der Waals surface area contributed by atoms with Crippen molar-refractivity contribution in [3.05, 3.63) is 20.8 Å². The number of aliphatic hydroxyl groups excluding tert-OH is 1. The zero-order valence-electron chi connectivity index (χ0n) is 10.9. The fraction of sp³-hybridized carbons (Fsp3) is 0.643. The van der Waals surface area contributed by atoms with Gasteiger partial charge in [0.25, 0.3) is 0 Å². The van der Waals surface area contributed by atoms with E-state index in [2.05, 4.69) is 27.3 Å². The molecular weight excluding hydrogens is 326 g/mol. The summed E-state index contributed by atoms with van der Waals surface area (Å²) >= 11 is 5.17. The smallest absolute Gasteiger partial charge is 0.220 e. The molecule has 1 amide bonds. The summed E-state index contributed by atoms with van der Waals surface area (Å²) in [5.74, 6) is 0.150. The van der Waals surface area contributed by atoms with Gasteiger partial charge in [-0.05, 0) is 66.6 Å². The Labute approximate surface area is 126 Å². The maximum atomic E-state index is 11.8. The molecule has 2 N–H and O–H groups in total. The lowest BCUT2D eigenvalue weighted by molar-refractivity contribution is -0.122. The predicted octanol–water partition coefficient (Wildman–Crippen LogP) is 3.25. The van der Waals surface area contributed by atoms with Gasteiger partial charge < -0.3 is 10.4 Å². The van der Waals surface area contributed by atoms with E-state index in [1.54, 1.807) is 11.3 Å². The third kappa shape index (κ3) is 5.24. The molecule has 1 aromatic rings. The number of hydrogen-bond acceptors (Lipinski definition) is 3. The lowest BCUT2D eigenvalue weighted by Crippen LogP contribution is -2.38. The van der Waals surface area contributed by atoms with Gasteiger partial charge in [0.05, 0.1) is 9.89 Å². The van der Waals surface area contributed by atoms with Crippen molar-refractivity contribution in [2.45, 2.75) is 57.1 Å². The van der Waals surface area contributed by atoms with E-state index in [4.69, 9.17) is 0 Å². The predicted molar refractivity (Wildman–Crippen MR) is 81.4 cm³/mol. The van der Waals surface area contributed by atoms with Crippen molar-refractivity contribution in [2.75, 3.05) is 0 Å². The number of halogens is 1. The average molecular weight is 346 g/mol. The summed E-state index contributed by atoms with van der Waals surface area (Å²) in [6.07, 6.45) is 5.73. The van der Waals surface area contributed by atoms with Crippen LogP contribution in [0.2, 0.25) is 0 Å². The van der Waals surface area contributed by atoms with Gasteiger partial charge in [-0.25, -0.2) is 0 Å². The number of rotatable bonds is 5. The number of nitrogens with one attached hydrogen (secondary N) is 1. The van der Waals surface area contributed by atoms with Crippen molar-refractivity contribution < 1.29 is 9.90 Å². The SMILES string of the molecule is O=C(CCCc1ccc(Br)s1)NC1CCC(O)CC1. The summed E-state index contributed by atoms with van der Waals surface area (Å²) in [4.78, 5) is 13.1. The van der Waals surface area contributed by atoms with Crippen molar-refractivity contribution in [3.63, 3.8) is 0 Å². The molecule has 3 nitrogen and oxygen atoms in total. The first-order chi connectivity index (χ1) is 9.13. The molecule has 19 heavy (non-hydrogen) atoms. The number of carbonyl (C=O) groups is 1. The van der Waals surface area contributed by atoms with E-state index in [1.165, 1.54) is 4.88 Å². The second kappa shape index (κ2) is 7.41. The van der Waals surface area contributed by atoms with Gasteiger partial charge in [-0.15, -0.1) is 11.3 Å². The average Bonchev–Trinajstić information content (AvgIpc) is 2.78. The van der Waals surface area contributed by atoms with E-state index < -0.39 is 0 Å². The van der Waals surface area contributed by atoms with E-state index in [1.807, 2.05) is 6.07 Å². The normalized spacial score (nSPS) is 23.3. The molecule has 0 unspecified atom stereocenters. The van der Waals surface area contributed by atoms with Gasteiger partial charge >= 0.3 is 0 Å². The fourth-order valence-corrected chi connectivity index (χ4v) is 3.95. The third-order valence-electron chi connectivity index (χ3n) is 3.52. The zero-order valence-corrected chi connectivity index (χ0v) is 13.3. The Morgan fingerprint density at radius 3 is 2.74 bits per heavy atom. The van der Waals surface area contributed by atoms with Crippen molar-refractivity contribution in [1.29, 1.82) is 0 Å². The highest BCUT2D eigenvalue weighted by Gasteiger charge is 2.20. The highest BCUT2D eigenvalue weighted by molar-refractivity contribution is 9.11. The molecule has 0 bridgehead atoms. The molecule has 1 heterocycles. The molecule has 0 aromatic carbocycles. The summed E-state index contributed by atoms with van der Waals surface area (Å²) in [5.41, 5.74) is 0. The lowest BCUT2D eigenvalue weighted by atomic mass is 9.93. The number of thiophene rings is 1. The van der Waals surface area contributed by atoms with Crippen LogP contribution < -0.4 is 5.32 Å². The highest BCUT2D eigenvalue weighted by atomic mass is 79.9. The van der Waals surface area contributed by atoms with Gasteiger partial charge in [0.15, 0.2) is 0 Å². The van der Waals surface area contributed by atoms with Crippen LogP contribution in [0.25, 0.3) is 0 Å². The Morgan fingerprint density at radius 1 is 1.37 bits per heavy atom. The number of amides is 1. The Kier molecular flexibility index (Phi) is 5.85. The van der Waals surface area contributed by atoms with Crippen LogP contribution in [0.1, 0.15) is 43.4 Å². The van der Waals surface area contributed by atoms with Crippen molar-refractivity contribution in [3.8, 4) is 0 Å². The van der Waals surface area contributed by atoms with Crippen LogP contribution in [0.3, 0.4) is 0 Å². The highest BCUT2D eigenvalue weighted by Crippen LogP contribution is 2.23. The summed E-state index contributed by atoms with van der Waals surface area (Å²) in [5, 5.41) is 12.5. The van der Waals surface area contributed by atoms with E-state index in [0.29, 0.717) is 6.42 Å². The lowest BCUT2D eigenvalue weighted by Gasteiger charge is -2.26. The van der Waals surface area contributed by atoms with Crippen LogP contribution in [0.5, 0.6) is 0 Å². The van der Waals surface area contributed by atoms with Gasteiger partial charge in [0.2, 0.25) is 5.91 Å². The van der Waals surface area contributed by atoms with Crippen LogP contribution in [0.15, 0.2) is 15.9 Å². The van der Waals surface area contributed by atoms with E-state index in [9.17, 15) is 9.90 Å². The van der Waals surface area contributed by atoms with E-state index >= 15 is 0 Å². The van der Waals surface area contributed by atoms with Gasteiger partial charge in [0, 0.05) is 17.3 Å². The molecule has 5 heteroatoms. The molecule has 1 aromatic heterocycles. The molecule has 1 saturated carbocycles. The van der Waals surface area contributed by atoms with E-state index in [0.717, 1.165) is 42.3 Å². The zero-order chi connectivity index (χ0) is 13.7. The third-order valence-corrected chi connectivity index (χ3v) is 5.20. The maximum Gasteiger partial charge on any atom is 0.220 e. The monoisotopic (exact) mass is 345 g/mol. The molecule has 0 spiro atoms. The maximum absolute atomic E-state index is 11.8. The molecule has 1 fully saturated rings. The first-order valence-corrected chi connectivity index (χ1v) is 8.46. The first-order valence-electron chi connectivity index (χ1n) is 6.85. The molecule has 2 rings (SSSR count). The Balaban J connectivity index is 1.62. The first kappa shape index (κ1) is 15.0. The molecule has 106 valence electrons. The van der Waals surface area contributed by atoms with Crippen LogP contribution >= 0.6 is 27.3 Å². The van der Waals surface area contributed by atoms with Crippen molar-refractivity contribution in [2.24, 2.45) is 0 Å². The number of carbonyl (C=O) groups excluding carboxylic acids is 1. The molecule has 0 atom stereocenters. The number of aryl methyl sites for hydroxylation is 1. The molecule has 0 aliphatic heterocycles. The van der Waals surface area contributed by atoms with Crippen molar-refractivity contribution in [1.82, 2.24) is 5.32 Å². The molecule has 0 saturated heterocycles. The van der Waals surface area contributed by atoms with Gasteiger partial charge in [-0.2, -0.15) is 0 Å². The fourth-order valence-electron chi connectivity index (χ4n) is 2.43. The largest absolute Gasteiger partial charge is 0.393 e. The minimum absolute atomic E-state index is 0.150. The number of aliphatic hydroxyl groups is 1. The van der Waals surface area contributed by atoms with Crippen LogP contribution in [-0.4, -0.2) is 23.2 Å². The van der Waals surface area contributed by atoms with Crippen molar-refractivity contribution >= 4 is 33.2 Å². The minimum atomic E-state index is -0.162.